The van der Waals surface area contributed by atoms with Crippen LogP contribution in [0, 0.1) is 5.92 Å². The first kappa shape index (κ1) is 26.1. The lowest BCUT2D eigenvalue weighted by atomic mass is 9.90. The van der Waals surface area contributed by atoms with Gasteiger partial charge in [-0.1, -0.05) is 42.5 Å². The number of halogens is 2. The number of ether oxygens (including phenoxy) is 1. The lowest BCUT2D eigenvalue weighted by molar-refractivity contribution is 0.0961. The van der Waals surface area contributed by atoms with Crippen LogP contribution in [0.5, 0.6) is 11.5 Å². The van der Waals surface area contributed by atoms with E-state index in [0.717, 1.165) is 54.4 Å². The molecule has 2 aliphatic rings. The normalized spacial score (nSPS) is 15.3. The molecule has 0 spiro atoms. The van der Waals surface area contributed by atoms with Gasteiger partial charge in [0, 0.05) is 30.6 Å². The maximum absolute atomic E-state index is 12.9. The van der Waals surface area contributed by atoms with E-state index >= 15 is 0 Å². The fraction of sp³-hybridized carbons (Fsp3) is 0.321. The van der Waals surface area contributed by atoms with Gasteiger partial charge in [0.25, 0.3) is 0 Å². The van der Waals surface area contributed by atoms with Crippen LogP contribution in [-0.2, 0) is 13.1 Å². The number of anilines is 1. The fourth-order valence-electron chi connectivity index (χ4n) is 4.76. The second-order valence-electron chi connectivity index (χ2n) is 8.94. The van der Waals surface area contributed by atoms with Crippen LogP contribution in [0.3, 0.4) is 0 Å². The topological polar surface area (TPSA) is 41.6 Å². The molecule has 0 saturated carbocycles. The van der Waals surface area contributed by atoms with Crippen LogP contribution < -0.4 is 10.1 Å². The van der Waals surface area contributed by atoms with E-state index in [2.05, 4.69) is 40.5 Å². The van der Waals surface area contributed by atoms with Crippen LogP contribution in [-0.4, -0.2) is 23.8 Å². The predicted molar refractivity (Wildman–Crippen MR) is 143 cm³/mol. The van der Waals surface area contributed by atoms with Crippen LogP contribution in [0.25, 0.3) is 0 Å². The average Bonchev–Trinajstić information content (AvgIpc) is 3.03. The molecule has 2 aliphatic heterocycles. The first-order valence-electron chi connectivity index (χ1n) is 11.7. The van der Waals surface area contributed by atoms with Gasteiger partial charge in [-0.2, -0.15) is 0 Å². The third kappa shape index (κ3) is 6.32. The summed E-state index contributed by atoms with van der Waals surface area (Å²) >= 11 is 0. The van der Waals surface area contributed by atoms with Crippen molar-refractivity contribution in [2.24, 2.45) is 5.92 Å². The van der Waals surface area contributed by atoms with Crippen LogP contribution in [0.15, 0.2) is 72.8 Å². The highest BCUT2D eigenvalue weighted by Crippen LogP contribution is 2.36. The summed E-state index contributed by atoms with van der Waals surface area (Å²) in [4.78, 5) is 15.4. The number of hydrogen-bond donors (Lipinski definition) is 1. The minimum absolute atomic E-state index is 0. The van der Waals surface area contributed by atoms with Gasteiger partial charge in [0.2, 0.25) is 0 Å². The summed E-state index contributed by atoms with van der Waals surface area (Å²) in [6.07, 6.45) is 3.96. The molecular formula is C28H32Cl2N2O2. The molecule has 1 fully saturated rings. The van der Waals surface area contributed by atoms with Crippen LogP contribution in [0.4, 0.5) is 5.69 Å². The maximum atomic E-state index is 12.9. The Hall–Kier alpha value is -2.53. The van der Waals surface area contributed by atoms with Crippen molar-refractivity contribution in [1.29, 1.82) is 0 Å². The summed E-state index contributed by atoms with van der Waals surface area (Å²) in [5.74, 6) is 2.53. The van der Waals surface area contributed by atoms with E-state index in [4.69, 9.17) is 4.74 Å². The van der Waals surface area contributed by atoms with E-state index in [1.165, 1.54) is 18.4 Å². The minimum Gasteiger partial charge on any atom is -0.455 e. The molecule has 3 aromatic carbocycles. The molecule has 180 valence electrons. The molecule has 0 aromatic heterocycles. The smallest absolute Gasteiger partial charge is 0.162 e. The predicted octanol–water partition coefficient (Wildman–Crippen LogP) is 7.12. The summed E-state index contributed by atoms with van der Waals surface area (Å²) in [7, 11) is 0. The molecule has 1 N–H and O–H groups in total. The second-order valence-corrected chi connectivity index (χ2v) is 8.94. The molecule has 0 bridgehead atoms. The van der Waals surface area contributed by atoms with Crippen LogP contribution in [0.1, 0.15) is 47.2 Å². The number of hydrogen-bond acceptors (Lipinski definition) is 4. The largest absolute Gasteiger partial charge is 0.455 e. The van der Waals surface area contributed by atoms with Gasteiger partial charge in [0.1, 0.15) is 5.75 Å². The molecule has 0 atom stereocenters. The number of para-hydroxylation sites is 2. The zero-order valence-electron chi connectivity index (χ0n) is 19.2. The third-order valence-corrected chi connectivity index (χ3v) is 6.69. The highest BCUT2D eigenvalue weighted by atomic mass is 35.5. The molecule has 6 heteroatoms. The molecule has 5 rings (SSSR count). The number of carbonyl (C=O) groups is 1. The molecule has 1 saturated heterocycles. The van der Waals surface area contributed by atoms with Crippen molar-refractivity contribution in [2.45, 2.75) is 38.8 Å². The zero-order chi connectivity index (χ0) is 21.8. The quantitative estimate of drug-likeness (QED) is 0.367. The molecular weight excluding hydrogens is 467 g/mol. The first-order valence-corrected chi connectivity index (χ1v) is 11.7. The van der Waals surface area contributed by atoms with E-state index in [1.807, 2.05) is 42.5 Å². The SMILES string of the molecule is Cl.Cl.O=C(CCC1CCN(Cc2ccccc2)CC1)c1ccc2c(c1)CNc1ccccc1O2. The molecule has 34 heavy (non-hydrogen) atoms. The zero-order valence-corrected chi connectivity index (χ0v) is 20.9. The standard InChI is InChI=1S/C28H30N2O2.2ClH/c31-26(12-10-21-14-16-30(17-15-21)20-22-6-2-1-3-7-22)23-11-13-27-24(18-23)19-29-25-8-4-5-9-28(25)32-27;;/h1-9,11,13,18,21,29H,10,12,14-17,19-20H2;2*1H. The lowest BCUT2D eigenvalue weighted by Gasteiger charge is -2.32. The van der Waals surface area contributed by atoms with Crippen molar-refractivity contribution in [1.82, 2.24) is 4.90 Å². The number of piperidine rings is 1. The van der Waals surface area contributed by atoms with Gasteiger partial charge in [-0.3, -0.25) is 9.69 Å². The van der Waals surface area contributed by atoms with Crippen molar-refractivity contribution in [3.63, 3.8) is 0 Å². The number of likely N-dealkylation sites (tertiary alicyclic amines) is 1. The Morgan fingerprint density at radius 3 is 2.44 bits per heavy atom. The van der Waals surface area contributed by atoms with Gasteiger partial charge in [-0.05, 0) is 74.2 Å². The number of carbonyl (C=O) groups excluding carboxylic acids is 1. The van der Waals surface area contributed by atoms with Gasteiger partial charge < -0.3 is 10.1 Å². The molecule has 0 unspecified atom stereocenters. The summed E-state index contributed by atoms with van der Waals surface area (Å²) in [5, 5.41) is 3.41. The number of fused-ring (bicyclic) bond motifs is 2. The number of benzene rings is 3. The summed E-state index contributed by atoms with van der Waals surface area (Å²) in [5.41, 5.74) is 4.18. The maximum Gasteiger partial charge on any atom is 0.162 e. The molecule has 4 nitrogen and oxygen atoms in total. The Balaban J connectivity index is 0.00000162. The number of ketones is 1. The van der Waals surface area contributed by atoms with E-state index in [0.29, 0.717) is 18.9 Å². The molecule has 0 amide bonds. The Bertz CT molecular complexity index is 1080. The second kappa shape index (κ2) is 12.3. The van der Waals surface area contributed by atoms with Crippen LogP contribution in [0.2, 0.25) is 0 Å². The van der Waals surface area contributed by atoms with E-state index < -0.39 is 0 Å². The van der Waals surface area contributed by atoms with E-state index in [-0.39, 0.29) is 30.6 Å². The highest BCUT2D eigenvalue weighted by molar-refractivity contribution is 5.96. The Labute approximate surface area is 214 Å². The molecule has 0 radical (unpaired) electrons. The van der Waals surface area contributed by atoms with Gasteiger partial charge in [-0.15, -0.1) is 24.8 Å². The molecule has 2 heterocycles. The average molecular weight is 499 g/mol. The van der Waals surface area contributed by atoms with Crippen LogP contribution >= 0.6 is 24.8 Å². The van der Waals surface area contributed by atoms with Crippen molar-refractivity contribution in [2.75, 3.05) is 18.4 Å². The van der Waals surface area contributed by atoms with Gasteiger partial charge in [0.05, 0.1) is 5.69 Å². The number of Topliss-reactive ketones (excluding diaryl/α,β-unsaturated/α-hetero) is 1. The Morgan fingerprint density at radius 1 is 0.912 bits per heavy atom. The fourth-order valence-corrected chi connectivity index (χ4v) is 4.76. The van der Waals surface area contributed by atoms with Gasteiger partial charge in [0.15, 0.2) is 11.5 Å². The molecule has 3 aromatic rings. The van der Waals surface area contributed by atoms with Crippen molar-refractivity contribution >= 4 is 36.3 Å². The Kier molecular flexibility index (Phi) is 9.40. The molecule has 0 aliphatic carbocycles. The first-order chi connectivity index (χ1) is 15.7. The number of nitrogens with one attached hydrogen (secondary N) is 1. The van der Waals surface area contributed by atoms with E-state index in [1.54, 1.807) is 0 Å². The number of nitrogens with zero attached hydrogens (tertiary/aromatic N) is 1. The summed E-state index contributed by atoms with van der Waals surface area (Å²) < 4.78 is 6.07. The summed E-state index contributed by atoms with van der Waals surface area (Å²) in [6.45, 7) is 3.93. The monoisotopic (exact) mass is 498 g/mol. The van der Waals surface area contributed by atoms with Gasteiger partial charge in [-0.25, -0.2) is 0 Å². The van der Waals surface area contributed by atoms with Crippen molar-refractivity contribution in [3.8, 4) is 11.5 Å². The minimum atomic E-state index is 0. The highest BCUT2D eigenvalue weighted by Gasteiger charge is 2.21. The lowest BCUT2D eigenvalue weighted by Crippen LogP contribution is -2.33. The van der Waals surface area contributed by atoms with E-state index in [9.17, 15) is 4.79 Å². The number of rotatable bonds is 6. The summed E-state index contributed by atoms with van der Waals surface area (Å²) in [6, 6.07) is 24.5. The van der Waals surface area contributed by atoms with Gasteiger partial charge >= 0.3 is 0 Å². The third-order valence-electron chi connectivity index (χ3n) is 6.69. The van der Waals surface area contributed by atoms with Crippen molar-refractivity contribution in [3.05, 3.63) is 89.5 Å². The van der Waals surface area contributed by atoms with Crippen molar-refractivity contribution < 1.29 is 9.53 Å². The Morgan fingerprint density at radius 2 is 1.65 bits per heavy atom.